The summed E-state index contributed by atoms with van der Waals surface area (Å²) in [6, 6.07) is 15.6. The minimum atomic E-state index is -0.308. The second kappa shape index (κ2) is 6.48. The Morgan fingerprint density at radius 3 is 2.61 bits per heavy atom. The van der Waals surface area contributed by atoms with Gasteiger partial charge in [-0.15, -0.1) is 0 Å². The van der Waals surface area contributed by atoms with Gasteiger partial charge in [-0.3, -0.25) is 4.98 Å². The number of ether oxygens (including phenoxy) is 1. The van der Waals surface area contributed by atoms with Gasteiger partial charge in [-0.1, -0.05) is 30.3 Å². The molecule has 0 aliphatic rings. The van der Waals surface area contributed by atoms with Gasteiger partial charge in [0.1, 0.15) is 0 Å². The van der Waals surface area contributed by atoms with E-state index >= 15 is 0 Å². The van der Waals surface area contributed by atoms with Gasteiger partial charge in [0.2, 0.25) is 0 Å². The van der Waals surface area contributed by atoms with Gasteiger partial charge in [0.15, 0.2) is 0 Å². The minimum Gasteiger partial charge on any atom is -0.462 e. The van der Waals surface area contributed by atoms with Crippen molar-refractivity contribution >= 4 is 5.97 Å². The zero-order chi connectivity index (χ0) is 16.2. The van der Waals surface area contributed by atoms with E-state index in [1.165, 1.54) is 0 Å². The zero-order valence-corrected chi connectivity index (χ0v) is 13.2. The smallest absolute Gasteiger partial charge is 0.340 e. The summed E-state index contributed by atoms with van der Waals surface area (Å²) in [6.07, 6.45) is 3.52. The predicted octanol–water partition coefficient (Wildman–Crippen LogP) is 4.02. The molecule has 3 rings (SSSR count). The lowest BCUT2D eigenvalue weighted by molar-refractivity contribution is 0.0527. The summed E-state index contributed by atoms with van der Waals surface area (Å²) in [5.74, 6) is -0.308. The molecular weight excluding hydrogens is 288 g/mol. The molecule has 0 bridgehead atoms. The van der Waals surface area contributed by atoms with Crippen LogP contribution in [0.3, 0.4) is 0 Å². The molecule has 0 radical (unpaired) electrons. The first-order valence-corrected chi connectivity index (χ1v) is 7.57. The Balaban J connectivity index is 2.26. The highest BCUT2D eigenvalue weighted by atomic mass is 16.5. The van der Waals surface area contributed by atoms with Crippen LogP contribution in [0.2, 0.25) is 0 Å². The maximum atomic E-state index is 12.4. The Morgan fingerprint density at radius 2 is 1.96 bits per heavy atom. The number of carbonyl (C=O) groups excluding carboxylic acids is 1. The SMILES string of the molecule is CCOC(=O)c1cc(C)n(-c2cccnc2)c1-c1ccccc1. The quantitative estimate of drug-likeness (QED) is 0.684. The van der Waals surface area contributed by atoms with E-state index in [0.717, 1.165) is 22.6 Å². The minimum absolute atomic E-state index is 0.308. The fourth-order valence-electron chi connectivity index (χ4n) is 2.70. The van der Waals surface area contributed by atoms with Gasteiger partial charge in [0.25, 0.3) is 0 Å². The lowest BCUT2D eigenvalue weighted by Crippen LogP contribution is -2.07. The van der Waals surface area contributed by atoms with Gasteiger partial charge in [-0.2, -0.15) is 0 Å². The average Bonchev–Trinajstić information content (AvgIpc) is 2.94. The summed E-state index contributed by atoms with van der Waals surface area (Å²) >= 11 is 0. The third kappa shape index (κ3) is 2.88. The summed E-state index contributed by atoms with van der Waals surface area (Å²) in [4.78, 5) is 16.6. The number of hydrogen-bond acceptors (Lipinski definition) is 3. The molecule has 0 spiro atoms. The molecule has 0 fully saturated rings. The van der Waals surface area contributed by atoms with Gasteiger partial charge in [0.05, 0.1) is 29.7 Å². The largest absolute Gasteiger partial charge is 0.462 e. The van der Waals surface area contributed by atoms with E-state index in [4.69, 9.17) is 4.74 Å². The number of rotatable bonds is 4. The van der Waals surface area contributed by atoms with Crippen LogP contribution >= 0.6 is 0 Å². The van der Waals surface area contributed by atoms with E-state index in [0.29, 0.717) is 12.2 Å². The summed E-state index contributed by atoms with van der Waals surface area (Å²) in [6.45, 7) is 4.14. The Kier molecular flexibility index (Phi) is 4.24. The first kappa shape index (κ1) is 15.0. The molecule has 0 saturated carbocycles. The van der Waals surface area contributed by atoms with Gasteiger partial charge in [-0.05, 0) is 37.6 Å². The molecule has 1 aromatic carbocycles. The van der Waals surface area contributed by atoms with Crippen molar-refractivity contribution in [2.24, 2.45) is 0 Å². The molecular formula is C19H18N2O2. The Labute approximate surface area is 135 Å². The highest BCUT2D eigenvalue weighted by Crippen LogP contribution is 2.31. The Hall–Kier alpha value is -2.88. The Bertz CT molecular complexity index is 808. The third-order valence-electron chi connectivity index (χ3n) is 3.63. The van der Waals surface area contributed by atoms with E-state index < -0.39 is 0 Å². The molecule has 0 unspecified atom stereocenters. The molecule has 0 aliphatic carbocycles. The summed E-state index contributed by atoms with van der Waals surface area (Å²) in [7, 11) is 0. The van der Waals surface area contributed by atoms with Crippen LogP contribution in [0.1, 0.15) is 23.0 Å². The summed E-state index contributed by atoms with van der Waals surface area (Å²) < 4.78 is 7.26. The zero-order valence-electron chi connectivity index (χ0n) is 13.2. The molecule has 0 aliphatic heterocycles. The van der Waals surface area contributed by atoms with E-state index in [9.17, 15) is 4.79 Å². The van der Waals surface area contributed by atoms with Crippen LogP contribution in [0.15, 0.2) is 60.9 Å². The van der Waals surface area contributed by atoms with E-state index in [2.05, 4.69) is 4.98 Å². The van der Waals surface area contributed by atoms with E-state index in [1.54, 1.807) is 12.4 Å². The summed E-state index contributed by atoms with van der Waals surface area (Å²) in [5.41, 5.74) is 4.24. The normalized spacial score (nSPS) is 10.5. The predicted molar refractivity (Wildman–Crippen MR) is 89.7 cm³/mol. The molecule has 2 aromatic heterocycles. The highest BCUT2D eigenvalue weighted by molar-refractivity contribution is 5.97. The number of benzene rings is 1. The molecule has 3 aromatic rings. The number of pyridine rings is 1. The molecule has 2 heterocycles. The number of esters is 1. The first-order chi connectivity index (χ1) is 11.2. The first-order valence-electron chi connectivity index (χ1n) is 7.57. The molecule has 23 heavy (non-hydrogen) atoms. The lowest BCUT2D eigenvalue weighted by atomic mass is 10.1. The van der Waals surface area contributed by atoms with Crippen LogP contribution in [-0.4, -0.2) is 22.1 Å². The van der Waals surface area contributed by atoms with Crippen LogP contribution in [-0.2, 0) is 4.74 Å². The van der Waals surface area contributed by atoms with E-state index in [-0.39, 0.29) is 5.97 Å². The van der Waals surface area contributed by atoms with Crippen molar-refractivity contribution in [3.63, 3.8) is 0 Å². The number of hydrogen-bond donors (Lipinski definition) is 0. The van der Waals surface area contributed by atoms with E-state index in [1.807, 2.05) is 66.9 Å². The second-order valence-electron chi connectivity index (χ2n) is 5.18. The third-order valence-corrected chi connectivity index (χ3v) is 3.63. The Morgan fingerprint density at radius 1 is 1.17 bits per heavy atom. The second-order valence-corrected chi connectivity index (χ2v) is 5.18. The van der Waals surface area contributed by atoms with Gasteiger partial charge >= 0.3 is 5.97 Å². The molecule has 0 saturated heterocycles. The number of nitrogens with zero attached hydrogens (tertiary/aromatic N) is 2. The lowest BCUT2D eigenvalue weighted by Gasteiger charge is -2.13. The van der Waals surface area contributed by atoms with Crippen LogP contribution in [0, 0.1) is 6.92 Å². The van der Waals surface area contributed by atoms with Gasteiger partial charge in [-0.25, -0.2) is 4.79 Å². The summed E-state index contributed by atoms with van der Waals surface area (Å²) in [5, 5.41) is 0. The number of aryl methyl sites for hydroxylation is 1. The van der Waals surface area contributed by atoms with Crippen LogP contribution in [0.25, 0.3) is 16.9 Å². The van der Waals surface area contributed by atoms with Crippen molar-refractivity contribution in [3.05, 3.63) is 72.2 Å². The van der Waals surface area contributed by atoms with Crippen molar-refractivity contribution in [3.8, 4) is 16.9 Å². The fourth-order valence-corrected chi connectivity index (χ4v) is 2.70. The van der Waals surface area contributed by atoms with Crippen molar-refractivity contribution < 1.29 is 9.53 Å². The molecule has 4 nitrogen and oxygen atoms in total. The van der Waals surface area contributed by atoms with Crippen molar-refractivity contribution in [2.75, 3.05) is 6.61 Å². The van der Waals surface area contributed by atoms with Crippen LogP contribution < -0.4 is 0 Å². The monoisotopic (exact) mass is 306 g/mol. The molecule has 116 valence electrons. The van der Waals surface area contributed by atoms with Crippen molar-refractivity contribution in [1.29, 1.82) is 0 Å². The van der Waals surface area contributed by atoms with Gasteiger partial charge in [0, 0.05) is 11.9 Å². The van der Waals surface area contributed by atoms with Crippen molar-refractivity contribution in [2.45, 2.75) is 13.8 Å². The molecule has 0 atom stereocenters. The molecule has 4 heteroatoms. The van der Waals surface area contributed by atoms with Gasteiger partial charge < -0.3 is 9.30 Å². The standard InChI is InChI=1S/C19H18N2O2/c1-3-23-19(22)17-12-14(2)21(16-10-7-11-20-13-16)18(17)15-8-5-4-6-9-15/h4-13H,3H2,1-2H3. The van der Waals surface area contributed by atoms with Crippen LogP contribution in [0.4, 0.5) is 0 Å². The van der Waals surface area contributed by atoms with Crippen LogP contribution in [0.5, 0.6) is 0 Å². The molecule has 0 N–H and O–H groups in total. The average molecular weight is 306 g/mol. The maximum absolute atomic E-state index is 12.4. The highest BCUT2D eigenvalue weighted by Gasteiger charge is 2.21. The number of carbonyl (C=O) groups is 1. The number of aromatic nitrogens is 2. The molecule has 0 amide bonds. The topological polar surface area (TPSA) is 44.1 Å². The van der Waals surface area contributed by atoms with Crippen molar-refractivity contribution in [1.82, 2.24) is 9.55 Å². The fraction of sp³-hybridized carbons (Fsp3) is 0.158. The maximum Gasteiger partial charge on any atom is 0.340 e.